The number of rotatable bonds is 4. The number of piperazine rings is 1. The van der Waals surface area contributed by atoms with E-state index in [0.29, 0.717) is 18.5 Å². The highest BCUT2D eigenvalue weighted by atomic mass is 35.5. The molecule has 0 spiro atoms. The quantitative estimate of drug-likeness (QED) is 0.648. The number of hydrogen-bond acceptors (Lipinski definition) is 4. The van der Waals surface area contributed by atoms with Crippen molar-refractivity contribution >= 4 is 50.7 Å². The van der Waals surface area contributed by atoms with Gasteiger partial charge >= 0.3 is 0 Å². The highest BCUT2D eigenvalue weighted by molar-refractivity contribution is 7.89. The lowest BCUT2D eigenvalue weighted by Crippen LogP contribution is -2.50. The van der Waals surface area contributed by atoms with Crippen LogP contribution in [0, 0.1) is 0 Å². The number of carbonyl (C=O) groups is 2. The van der Waals surface area contributed by atoms with Crippen molar-refractivity contribution < 1.29 is 18.0 Å². The minimum atomic E-state index is -3.87. The highest BCUT2D eigenvalue weighted by Crippen LogP contribution is 2.32. The fraction of sp³-hybridized carbons (Fsp3) is 0.364. The van der Waals surface area contributed by atoms with Gasteiger partial charge in [-0.1, -0.05) is 29.3 Å². The Morgan fingerprint density at radius 2 is 1.47 bits per heavy atom. The van der Waals surface area contributed by atoms with Crippen LogP contribution in [0.2, 0.25) is 10.0 Å². The van der Waals surface area contributed by atoms with Crippen molar-refractivity contribution in [3.63, 3.8) is 0 Å². The summed E-state index contributed by atoms with van der Waals surface area (Å²) >= 11 is 12.2. The summed E-state index contributed by atoms with van der Waals surface area (Å²) < 4.78 is 27.3. The van der Waals surface area contributed by atoms with Crippen LogP contribution in [0.4, 0.5) is 5.69 Å². The number of amides is 2. The molecule has 2 fully saturated rings. The van der Waals surface area contributed by atoms with Gasteiger partial charge in [0.1, 0.15) is 4.90 Å². The van der Waals surface area contributed by atoms with Crippen LogP contribution in [0.1, 0.15) is 29.6 Å². The zero-order valence-electron chi connectivity index (χ0n) is 17.3. The molecule has 2 aromatic carbocycles. The zero-order chi connectivity index (χ0) is 22.9. The molecule has 7 nitrogen and oxygen atoms in total. The van der Waals surface area contributed by atoms with E-state index in [1.54, 1.807) is 40.1 Å². The van der Waals surface area contributed by atoms with Gasteiger partial charge < -0.3 is 9.80 Å². The smallest absolute Gasteiger partial charge is 0.253 e. The molecule has 0 radical (unpaired) electrons. The third-order valence-electron chi connectivity index (χ3n) is 5.79. The van der Waals surface area contributed by atoms with Crippen LogP contribution in [0.5, 0.6) is 0 Å². The maximum Gasteiger partial charge on any atom is 0.253 e. The van der Waals surface area contributed by atoms with Crippen LogP contribution in [0.25, 0.3) is 0 Å². The summed E-state index contributed by atoms with van der Waals surface area (Å²) in [7, 11) is -3.87. The first-order chi connectivity index (χ1) is 15.3. The number of benzene rings is 2. The average molecular weight is 496 g/mol. The number of halogens is 2. The number of hydrogen-bond donors (Lipinski definition) is 0. The molecule has 0 unspecified atom stereocenters. The Kier molecular flexibility index (Phi) is 6.76. The first-order valence-corrected chi connectivity index (χ1v) is 12.6. The van der Waals surface area contributed by atoms with Crippen molar-refractivity contribution in [2.24, 2.45) is 0 Å². The van der Waals surface area contributed by atoms with E-state index < -0.39 is 10.0 Å². The van der Waals surface area contributed by atoms with E-state index in [1.165, 1.54) is 16.4 Å². The molecular weight excluding hydrogens is 473 g/mol. The van der Waals surface area contributed by atoms with Gasteiger partial charge in [0, 0.05) is 50.4 Å². The van der Waals surface area contributed by atoms with Crippen LogP contribution in [0.3, 0.4) is 0 Å². The largest absolute Gasteiger partial charge is 0.336 e. The van der Waals surface area contributed by atoms with Gasteiger partial charge in [0.05, 0.1) is 10.0 Å². The summed E-state index contributed by atoms with van der Waals surface area (Å²) in [5.74, 6) is -0.0689. The molecule has 2 aromatic rings. The molecule has 0 aliphatic carbocycles. The summed E-state index contributed by atoms with van der Waals surface area (Å²) in [5, 5.41) is 0.145. The van der Waals surface area contributed by atoms with Crippen LogP contribution < -0.4 is 4.90 Å². The van der Waals surface area contributed by atoms with Gasteiger partial charge in [-0.15, -0.1) is 0 Å². The van der Waals surface area contributed by atoms with Gasteiger partial charge in [-0.3, -0.25) is 9.59 Å². The average Bonchev–Trinajstić information content (AvgIpc) is 2.79. The Hall–Kier alpha value is -2.13. The fourth-order valence-corrected chi connectivity index (χ4v) is 6.55. The molecule has 0 bridgehead atoms. The summed E-state index contributed by atoms with van der Waals surface area (Å²) in [6.07, 6.45) is 2.43. The van der Waals surface area contributed by atoms with Crippen molar-refractivity contribution in [3.05, 3.63) is 58.1 Å². The number of piperidine rings is 1. The summed E-state index contributed by atoms with van der Waals surface area (Å²) in [5.41, 5.74) is 1.29. The Labute approximate surface area is 197 Å². The Bertz CT molecular complexity index is 1110. The predicted octanol–water partition coefficient (Wildman–Crippen LogP) is 3.66. The van der Waals surface area contributed by atoms with Gasteiger partial charge in [0.2, 0.25) is 15.9 Å². The first kappa shape index (κ1) is 23.0. The first-order valence-electron chi connectivity index (χ1n) is 10.4. The van der Waals surface area contributed by atoms with Crippen LogP contribution in [-0.2, 0) is 14.8 Å². The third kappa shape index (κ3) is 4.50. The van der Waals surface area contributed by atoms with Crippen molar-refractivity contribution in [2.45, 2.75) is 24.2 Å². The molecule has 2 saturated heterocycles. The second-order valence-electron chi connectivity index (χ2n) is 7.80. The molecule has 4 rings (SSSR count). The van der Waals surface area contributed by atoms with Crippen molar-refractivity contribution in [2.75, 3.05) is 37.6 Å². The topological polar surface area (TPSA) is 78.0 Å². The van der Waals surface area contributed by atoms with Crippen LogP contribution in [0.15, 0.2) is 47.4 Å². The van der Waals surface area contributed by atoms with Gasteiger partial charge in [-0.05, 0) is 49.2 Å². The number of nitrogens with zero attached hydrogens (tertiary/aromatic N) is 3. The maximum atomic E-state index is 13.0. The van der Waals surface area contributed by atoms with Gasteiger partial charge in [0.25, 0.3) is 5.91 Å². The molecular formula is C22H23Cl2N3O4S. The molecule has 2 aliphatic rings. The second kappa shape index (κ2) is 9.39. The van der Waals surface area contributed by atoms with Crippen molar-refractivity contribution in [3.8, 4) is 0 Å². The molecule has 2 heterocycles. The van der Waals surface area contributed by atoms with Crippen LogP contribution in [-0.4, -0.2) is 62.2 Å². The molecule has 0 atom stereocenters. The third-order valence-corrected chi connectivity index (χ3v) is 8.65. The standard InChI is InChI=1S/C22H23Cl2N3O4S/c23-18-4-3-5-19(24)21(18)32(30,31)26-14-12-25(13-15-26)22(29)16-7-9-17(10-8-16)27-11-2-1-6-20(27)28/h3-5,7-10H,1-2,6,11-15H2. The van der Waals surface area contributed by atoms with E-state index in [1.807, 2.05) is 0 Å². The normalized spacial score (nSPS) is 18.1. The molecule has 2 aliphatic heterocycles. The molecule has 170 valence electrons. The molecule has 10 heteroatoms. The fourth-order valence-electron chi connectivity index (χ4n) is 4.04. The lowest BCUT2D eigenvalue weighted by molar-refractivity contribution is -0.119. The molecule has 2 amide bonds. The highest BCUT2D eigenvalue weighted by Gasteiger charge is 2.33. The van der Waals surface area contributed by atoms with E-state index in [0.717, 1.165) is 18.5 Å². The number of sulfonamides is 1. The molecule has 0 aromatic heterocycles. The number of anilines is 1. The Balaban J connectivity index is 1.42. The predicted molar refractivity (Wildman–Crippen MR) is 124 cm³/mol. The molecule has 0 N–H and O–H groups in total. The van der Waals surface area contributed by atoms with Gasteiger partial charge in [-0.25, -0.2) is 8.42 Å². The van der Waals surface area contributed by atoms with Gasteiger partial charge in [0.15, 0.2) is 0 Å². The van der Waals surface area contributed by atoms with E-state index >= 15 is 0 Å². The maximum absolute atomic E-state index is 13.0. The van der Waals surface area contributed by atoms with E-state index in [2.05, 4.69) is 0 Å². The summed E-state index contributed by atoms with van der Waals surface area (Å²) in [6.45, 7) is 1.50. The van der Waals surface area contributed by atoms with Gasteiger partial charge in [-0.2, -0.15) is 4.31 Å². The lowest BCUT2D eigenvalue weighted by atomic mass is 10.1. The minimum Gasteiger partial charge on any atom is -0.336 e. The van der Waals surface area contributed by atoms with Crippen molar-refractivity contribution in [1.82, 2.24) is 9.21 Å². The van der Waals surface area contributed by atoms with Crippen molar-refractivity contribution in [1.29, 1.82) is 0 Å². The monoisotopic (exact) mass is 495 g/mol. The summed E-state index contributed by atoms with van der Waals surface area (Å²) in [6, 6.07) is 11.6. The molecule has 0 saturated carbocycles. The number of carbonyl (C=O) groups excluding carboxylic acids is 2. The van der Waals surface area contributed by atoms with E-state index in [9.17, 15) is 18.0 Å². The lowest BCUT2D eigenvalue weighted by Gasteiger charge is -2.34. The molecule has 32 heavy (non-hydrogen) atoms. The SMILES string of the molecule is O=C(c1ccc(N2CCCCC2=O)cc1)N1CCN(S(=O)(=O)c2c(Cl)cccc2Cl)CC1. The Morgan fingerprint density at radius 3 is 2.06 bits per heavy atom. The summed E-state index contributed by atoms with van der Waals surface area (Å²) in [4.78, 5) is 28.3. The van der Waals surface area contributed by atoms with E-state index in [-0.39, 0.29) is 52.9 Å². The Morgan fingerprint density at radius 1 is 0.844 bits per heavy atom. The van der Waals surface area contributed by atoms with Crippen LogP contribution >= 0.6 is 23.2 Å². The zero-order valence-corrected chi connectivity index (χ0v) is 19.7. The second-order valence-corrected chi connectivity index (χ2v) is 10.5. The minimum absolute atomic E-state index is 0.0725. The van der Waals surface area contributed by atoms with E-state index in [4.69, 9.17) is 23.2 Å².